The number of nitrogens with one attached hydrogen (secondary N) is 1. The number of fused-ring (bicyclic) bond motifs is 1. The Morgan fingerprint density at radius 2 is 1.73 bits per heavy atom. The lowest BCUT2D eigenvalue weighted by molar-refractivity contribution is -0.339. The molecular formula is C13H34N9O15P3. The minimum atomic E-state index is -6.18. The molecule has 1 fully saturated rings. The summed E-state index contributed by atoms with van der Waals surface area (Å²) in [6.45, 7) is -1.06. The zero-order chi connectivity index (χ0) is 26.9. The van der Waals surface area contributed by atoms with Crippen LogP contribution >= 0.6 is 23.5 Å². The molecule has 2 aromatic heterocycles. The van der Waals surface area contributed by atoms with Gasteiger partial charge in [0, 0.05) is 7.11 Å². The fourth-order valence-corrected chi connectivity index (χ4v) is 5.97. The maximum Gasteiger partial charge on any atom is 0.280 e. The number of ether oxygens (including phenoxy) is 3. The molecule has 3 heterocycles. The SMILES string of the molecule is COCCOC1C(O)C(COP(=O)([O-])OP(=O)([O-])OP(=O)([O-])[O-])OC1n1cnc2c(=O)[nH]c(N)nc21.[NH4+].[NH4+].[NH4+].[NH4+]. The minimum absolute atomic E-state index is 0. The van der Waals surface area contributed by atoms with Crippen LogP contribution in [-0.4, -0.2) is 69.9 Å². The molecule has 0 aliphatic carbocycles. The first-order valence-electron chi connectivity index (χ1n) is 9.50. The fourth-order valence-electron chi connectivity index (χ4n) is 3.10. The summed E-state index contributed by atoms with van der Waals surface area (Å²) >= 11 is 0. The van der Waals surface area contributed by atoms with Crippen molar-refractivity contribution in [3.8, 4) is 0 Å². The summed E-state index contributed by atoms with van der Waals surface area (Å²) in [5.74, 6) is -0.265. The summed E-state index contributed by atoms with van der Waals surface area (Å²) in [7, 11) is -16.8. The number of phosphoric acid groups is 3. The zero-order valence-electron chi connectivity index (χ0n) is 21.9. The van der Waals surface area contributed by atoms with Gasteiger partial charge in [-0.25, -0.2) is 9.29 Å². The summed E-state index contributed by atoms with van der Waals surface area (Å²) in [6, 6.07) is 0. The van der Waals surface area contributed by atoms with E-state index in [1.54, 1.807) is 0 Å². The normalized spacial score (nSPS) is 23.6. The number of quaternary nitrogens is 4. The second-order valence-corrected chi connectivity index (χ2v) is 11.2. The molecule has 24 nitrogen and oxygen atoms in total. The van der Waals surface area contributed by atoms with Gasteiger partial charge >= 0.3 is 0 Å². The molecular weight excluding hydrogens is 615 g/mol. The number of hydrogen-bond donors (Lipinski definition) is 7. The van der Waals surface area contributed by atoms with E-state index in [1.165, 1.54) is 11.7 Å². The van der Waals surface area contributed by atoms with Gasteiger partial charge in [0.05, 0.1) is 34.0 Å². The van der Waals surface area contributed by atoms with Crippen molar-refractivity contribution < 1.29 is 65.7 Å². The van der Waals surface area contributed by atoms with Crippen LogP contribution in [0.3, 0.4) is 0 Å². The molecule has 0 aromatic carbocycles. The van der Waals surface area contributed by atoms with Crippen molar-refractivity contribution in [3.05, 3.63) is 16.7 Å². The zero-order valence-corrected chi connectivity index (χ0v) is 24.6. The summed E-state index contributed by atoms with van der Waals surface area (Å²) in [5, 5.41) is 10.7. The highest BCUT2D eigenvalue weighted by atomic mass is 31.3. The lowest BCUT2D eigenvalue weighted by atomic mass is 10.1. The molecule has 0 bridgehead atoms. The number of H-pyrrole nitrogens is 1. The standard InChI is InChI=1S/C13H22N5O15P3.4H3N/c1-28-2-3-29-9-8(19)6(4-30-35(24,25)33-36(26,27)32-34(21,22)23)31-12(9)18-5-15-7-10(18)16-13(14)17-11(7)20;;;;/h5-6,8-9,12,19H,2-4H2,1H3,(H,24,25)(H,26,27)(H2,21,22,23)(H3,14,16,17,20);4*1H3. The summed E-state index contributed by atoms with van der Waals surface area (Å²) < 4.78 is 61.7. The van der Waals surface area contributed by atoms with Crippen LogP contribution in [0.25, 0.3) is 11.2 Å². The molecule has 0 spiro atoms. The third-order valence-electron chi connectivity index (χ3n) is 4.43. The molecule has 0 radical (unpaired) electrons. The topological polar surface area (TPSA) is 455 Å². The highest BCUT2D eigenvalue weighted by Gasteiger charge is 2.46. The van der Waals surface area contributed by atoms with E-state index in [0.717, 1.165) is 6.33 Å². The van der Waals surface area contributed by atoms with E-state index < -0.39 is 60.2 Å². The average molecular weight is 649 g/mol. The first-order valence-corrected chi connectivity index (χ1v) is 13.9. The molecule has 1 saturated heterocycles. The molecule has 0 amide bonds. The number of aromatic nitrogens is 4. The first-order chi connectivity index (χ1) is 16.6. The molecule has 2 aromatic rings. The third kappa shape index (κ3) is 10.3. The molecule has 1 aliphatic heterocycles. The van der Waals surface area contributed by atoms with Crippen molar-refractivity contribution in [2.75, 3.05) is 32.7 Å². The van der Waals surface area contributed by atoms with Crippen LogP contribution < -0.4 is 55.5 Å². The average Bonchev–Trinajstić information content (AvgIpc) is 3.25. The van der Waals surface area contributed by atoms with E-state index in [9.17, 15) is 43.2 Å². The Morgan fingerprint density at radius 1 is 1.10 bits per heavy atom. The third-order valence-corrected chi connectivity index (χ3v) is 8.10. The Morgan fingerprint density at radius 3 is 2.30 bits per heavy atom. The molecule has 6 atom stereocenters. The molecule has 40 heavy (non-hydrogen) atoms. The van der Waals surface area contributed by atoms with Gasteiger partial charge in [0.2, 0.25) is 5.95 Å². The number of aliphatic hydroxyl groups excluding tert-OH is 1. The number of methoxy groups -OCH3 is 1. The van der Waals surface area contributed by atoms with Crippen LogP contribution in [0.2, 0.25) is 0 Å². The number of aliphatic hydroxyl groups is 1. The van der Waals surface area contributed by atoms with E-state index in [-0.39, 0.29) is 54.9 Å². The van der Waals surface area contributed by atoms with Gasteiger partial charge in [-0.15, -0.1) is 0 Å². The van der Waals surface area contributed by atoms with Gasteiger partial charge in [0.25, 0.3) is 21.2 Å². The number of nitrogen functional groups attached to an aromatic ring is 1. The Bertz CT molecular complexity index is 1290. The number of aromatic amines is 1. The van der Waals surface area contributed by atoms with Crippen LogP contribution in [0.5, 0.6) is 0 Å². The van der Waals surface area contributed by atoms with Gasteiger partial charge in [0.1, 0.15) is 18.3 Å². The Kier molecular flexibility index (Phi) is 15.6. The van der Waals surface area contributed by atoms with Gasteiger partial charge in [-0.3, -0.25) is 27.8 Å². The van der Waals surface area contributed by atoms with Crippen LogP contribution in [0.4, 0.5) is 5.95 Å². The number of phosphoric ester groups is 1. The minimum Gasteiger partial charge on any atom is -0.790 e. The van der Waals surface area contributed by atoms with E-state index in [2.05, 4.69) is 28.1 Å². The Hall–Kier alpha value is -1.76. The molecule has 3 rings (SSSR count). The maximum atomic E-state index is 12.1. The highest BCUT2D eigenvalue weighted by Crippen LogP contribution is 2.60. The van der Waals surface area contributed by atoms with E-state index in [0.29, 0.717) is 0 Å². The number of nitrogens with zero attached hydrogens (tertiary/aromatic N) is 3. The summed E-state index contributed by atoms with van der Waals surface area (Å²) in [4.78, 5) is 66.1. The quantitative estimate of drug-likeness (QED) is 0.0908. The highest BCUT2D eigenvalue weighted by molar-refractivity contribution is 7.64. The number of nitrogens with two attached hydrogens (primary N) is 1. The van der Waals surface area contributed by atoms with Crippen LogP contribution in [-0.2, 0) is 41.1 Å². The maximum absolute atomic E-state index is 12.1. The van der Waals surface area contributed by atoms with E-state index in [1.807, 2.05) is 0 Å². The van der Waals surface area contributed by atoms with Gasteiger partial charge in [-0.1, -0.05) is 0 Å². The smallest absolute Gasteiger partial charge is 0.280 e. The van der Waals surface area contributed by atoms with Crippen LogP contribution in [0, 0.1) is 0 Å². The van der Waals surface area contributed by atoms with Gasteiger partial charge < -0.3 is 78.3 Å². The molecule has 27 heteroatoms. The van der Waals surface area contributed by atoms with Crippen molar-refractivity contribution in [2.24, 2.45) is 0 Å². The van der Waals surface area contributed by atoms with Gasteiger partial charge in [0.15, 0.2) is 17.4 Å². The molecule has 0 saturated carbocycles. The molecule has 20 N–H and O–H groups in total. The summed E-state index contributed by atoms with van der Waals surface area (Å²) in [6.07, 6.45) is -4.56. The van der Waals surface area contributed by atoms with Gasteiger partial charge in [-0.05, 0) is 0 Å². The summed E-state index contributed by atoms with van der Waals surface area (Å²) in [5.41, 5.74) is 4.67. The van der Waals surface area contributed by atoms with Crippen molar-refractivity contribution in [1.29, 1.82) is 0 Å². The predicted molar refractivity (Wildman–Crippen MR) is 129 cm³/mol. The molecule has 1 aliphatic rings. The number of anilines is 1. The Labute approximate surface area is 224 Å². The Balaban J connectivity index is 0. The monoisotopic (exact) mass is 649 g/mol. The fraction of sp³-hybridized carbons (Fsp3) is 0.615. The van der Waals surface area contributed by atoms with Crippen molar-refractivity contribution in [1.82, 2.24) is 44.1 Å². The van der Waals surface area contributed by atoms with E-state index in [4.69, 9.17) is 19.9 Å². The molecule has 6 unspecified atom stereocenters. The first kappa shape index (κ1) is 40.4. The number of hydrogen-bond acceptors (Lipinski definition) is 18. The largest absolute Gasteiger partial charge is 0.790 e. The number of rotatable bonds is 12. The van der Waals surface area contributed by atoms with Crippen LogP contribution in [0.1, 0.15) is 6.23 Å². The predicted octanol–water partition coefficient (Wildman–Crippen LogP) is -2.69. The van der Waals surface area contributed by atoms with E-state index >= 15 is 0 Å². The van der Waals surface area contributed by atoms with Crippen LogP contribution in [0.15, 0.2) is 11.1 Å². The van der Waals surface area contributed by atoms with Crippen molar-refractivity contribution in [3.63, 3.8) is 0 Å². The lowest BCUT2D eigenvalue weighted by Gasteiger charge is -2.37. The van der Waals surface area contributed by atoms with Crippen molar-refractivity contribution >= 4 is 40.6 Å². The number of imidazole rings is 1. The van der Waals surface area contributed by atoms with Gasteiger partial charge in [-0.2, -0.15) is 4.98 Å². The van der Waals surface area contributed by atoms with Crippen molar-refractivity contribution in [2.45, 2.75) is 24.5 Å². The molecule has 236 valence electrons. The second kappa shape index (κ2) is 15.5. The second-order valence-electron chi connectivity index (χ2n) is 6.96. The lowest BCUT2D eigenvalue weighted by Crippen LogP contribution is -2.36.